The zero-order chi connectivity index (χ0) is 23.3. The molecule has 0 saturated heterocycles. The summed E-state index contributed by atoms with van der Waals surface area (Å²) in [5, 5.41) is 6.96. The van der Waals surface area contributed by atoms with Crippen LogP contribution in [-0.4, -0.2) is 27.7 Å². The summed E-state index contributed by atoms with van der Waals surface area (Å²) in [6.07, 6.45) is 0. The lowest BCUT2D eigenvalue weighted by molar-refractivity contribution is 0.405. The second-order valence-electron chi connectivity index (χ2n) is 6.43. The molecule has 0 aliphatic heterocycles. The quantitative estimate of drug-likeness (QED) is 0.354. The molecule has 0 bridgehead atoms. The molecule has 0 aromatic heterocycles. The first-order valence-electron chi connectivity index (χ1n) is 9.09. The number of hydrogen-bond donors (Lipinski definition) is 3. The van der Waals surface area contributed by atoms with Crippen LogP contribution < -0.4 is 24.8 Å². The molecule has 3 rings (SSSR count). The summed E-state index contributed by atoms with van der Waals surface area (Å²) in [4.78, 5) is 0.0625. The van der Waals surface area contributed by atoms with E-state index in [1.165, 1.54) is 30.3 Å². The maximum atomic E-state index is 12.6. The smallest absolute Gasteiger partial charge is 0.261 e. The van der Waals surface area contributed by atoms with Gasteiger partial charge in [0.25, 0.3) is 10.0 Å². The van der Waals surface area contributed by atoms with E-state index in [0.717, 1.165) is 0 Å². The highest BCUT2D eigenvalue weighted by molar-refractivity contribution is 7.92. The lowest BCUT2D eigenvalue weighted by Gasteiger charge is -2.15. The molecule has 0 aliphatic rings. The molecular formula is C21H19Cl2N3O4S2. The Kier molecular flexibility index (Phi) is 7.68. The number of anilines is 3. The first kappa shape index (κ1) is 23.9. The van der Waals surface area contributed by atoms with Crippen LogP contribution in [0.1, 0.15) is 0 Å². The molecule has 0 unspecified atom stereocenters. The van der Waals surface area contributed by atoms with Gasteiger partial charge >= 0.3 is 0 Å². The van der Waals surface area contributed by atoms with Gasteiger partial charge in [-0.3, -0.25) is 4.72 Å². The van der Waals surface area contributed by atoms with Crippen molar-refractivity contribution in [3.63, 3.8) is 0 Å². The highest BCUT2D eigenvalue weighted by Gasteiger charge is 2.15. The van der Waals surface area contributed by atoms with Gasteiger partial charge in [0.1, 0.15) is 11.5 Å². The molecule has 3 aromatic carbocycles. The monoisotopic (exact) mass is 511 g/mol. The number of sulfonamides is 1. The Morgan fingerprint density at radius 2 is 1.50 bits per heavy atom. The van der Waals surface area contributed by atoms with Gasteiger partial charge in [-0.1, -0.05) is 23.2 Å². The predicted molar refractivity (Wildman–Crippen MR) is 133 cm³/mol. The normalized spacial score (nSPS) is 10.9. The van der Waals surface area contributed by atoms with Crippen LogP contribution in [0.3, 0.4) is 0 Å². The van der Waals surface area contributed by atoms with Crippen LogP contribution in [0, 0.1) is 0 Å². The molecule has 32 heavy (non-hydrogen) atoms. The maximum absolute atomic E-state index is 12.6. The van der Waals surface area contributed by atoms with Gasteiger partial charge in [0.2, 0.25) is 0 Å². The fourth-order valence-electron chi connectivity index (χ4n) is 2.74. The van der Waals surface area contributed by atoms with Gasteiger partial charge in [0.05, 0.1) is 30.5 Å². The van der Waals surface area contributed by atoms with Crippen LogP contribution >= 0.6 is 35.4 Å². The largest absolute Gasteiger partial charge is 0.497 e. The minimum atomic E-state index is -3.83. The number of hydrogen-bond acceptors (Lipinski definition) is 5. The minimum absolute atomic E-state index is 0.0625. The first-order valence-corrected chi connectivity index (χ1v) is 11.7. The second kappa shape index (κ2) is 10.3. The maximum Gasteiger partial charge on any atom is 0.261 e. The molecule has 168 valence electrons. The fraction of sp³-hybridized carbons (Fsp3) is 0.0952. The van der Waals surface area contributed by atoms with Crippen LogP contribution in [-0.2, 0) is 10.0 Å². The zero-order valence-electron chi connectivity index (χ0n) is 17.0. The Balaban J connectivity index is 1.69. The highest BCUT2D eigenvalue weighted by Crippen LogP contribution is 2.29. The number of thiocarbonyl (C=S) groups is 1. The van der Waals surface area contributed by atoms with Crippen molar-refractivity contribution in [1.29, 1.82) is 0 Å². The molecule has 0 radical (unpaired) electrons. The summed E-state index contributed by atoms with van der Waals surface area (Å²) in [6, 6.07) is 15.8. The minimum Gasteiger partial charge on any atom is -0.497 e. The number of halogens is 2. The average Bonchev–Trinajstić information content (AvgIpc) is 2.73. The molecule has 0 heterocycles. The van der Waals surface area contributed by atoms with E-state index in [2.05, 4.69) is 15.4 Å². The van der Waals surface area contributed by atoms with E-state index < -0.39 is 10.0 Å². The van der Waals surface area contributed by atoms with Crippen molar-refractivity contribution in [3.05, 3.63) is 70.7 Å². The van der Waals surface area contributed by atoms with E-state index in [1.807, 2.05) is 0 Å². The summed E-state index contributed by atoms with van der Waals surface area (Å²) in [6.45, 7) is 0. The van der Waals surface area contributed by atoms with Gasteiger partial charge in [-0.05, 0) is 66.8 Å². The third-order valence-corrected chi connectivity index (χ3v) is 6.23. The van der Waals surface area contributed by atoms with Crippen molar-refractivity contribution in [2.24, 2.45) is 0 Å². The molecular weight excluding hydrogens is 493 g/mol. The third kappa shape index (κ3) is 6.17. The fourth-order valence-corrected chi connectivity index (χ4v) is 4.53. The van der Waals surface area contributed by atoms with Crippen molar-refractivity contribution < 1.29 is 17.9 Å². The van der Waals surface area contributed by atoms with Crippen LogP contribution in [0.15, 0.2) is 65.6 Å². The average molecular weight is 512 g/mol. The van der Waals surface area contributed by atoms with E-state index >= 15 is 0 Å². The Morgan fingerprint density at radius 1 is 0.844 bits per heavy atom. The number of ether oxygens (including phenoxy) is 2. The van der Waals surface area contributed by atoms with Crippen LogP contribution in [0.2, 0.25) is 10.0 Å². The summed E-state index contributed by atoms with van der Waals surface area (Å²) in [5.74, 6) is 1.22. The Bertz CT molecular complexity index is 1220. The molecule has 0 amide bonds. The zero-order valence-corrected chi connectivity index (χ0v) is 20.1. The number of rotatable bonds is 7. The molecule has 0 fully saturated rings. The van der Waals surface area contributed by atoms with Gasteiger partial charge in [0, 0.05) is 21.8 Å². The molecule has 11 heteroatoms. The summed E-state index contributed by atoms with van der Waals surface area (Å²) >= 11 is 17.2. The van der Waals surface area contributed by atoms with E-state index in [4.69, 9.17) is 44.9 Å². The van der Waals surface area contributed by atoms with Crippen molar-refractivity contribution in [2.45, 2.75) is 4.90 Å². The molecule has 3 aromatic rings. The standard InChI is InChI=1S/C21H19Cl2N3O4S2/c1-29-17-5-8-20(30-2)19(12-17)25-21(31)24-15-3-6-18(7-4-15)32(27,28)26-16-10-13(22)9-14(23)11-16/h3-12,26H,1-2H3,(H2,24,25,31). The first-order chi connectivity index (χ1) is 15.2. The van der Waals surface area contributed by atoms with Gasteiger partial charge in [-0.2, -0.15) is 0 Å². The molecule has 0 spiro atoms. The molecule has 3 N–H and O–H groups in total. The number of nitrogens with one attached hydrogen (secondary N) is 3. The van der Waals surface area contributed by atoms with Crippen molar-refractivity contribution in [1.82, 2.24) is 0 Å². The molecule has 0 atom stereocenters. The Hall–Kier alpha value is -2.72. The van der Waals surface area contributed by atoms with Crippen molar-refractivity contribution >= 4 is 67.6 Å². The summed E-state index contributed by atoms with van der Waals surface area (Å²) in [7, 11) is -0.719. The number of methoxy groups -OCH3 is 2. The van der Waals surface area contributed by atoms with E-state index in [0.29, 0.717) is 38.0 Å². The lowest BCUT2D eigenvalue weighted by atomic mass is 10.2. The molecule has 0 aliphatic carbocycles. The van der Waals surface area contributed by atoms with Gasteiger partial charge in [0.15, 0.2) is 5.11 Å². The Morgan fingerprint density at radius 3 is 2.09 bits per heavy atom. The summed E-state index contributed by atoms with van der Waals surface area (Å²) in [5.41, 5.74) is 1.48. The predicted octanol–water partition coefficient (Wildman–Crippen LogP) is 5.62. The van der Waals surface area contributed by atoms with Crippen LogP contribution in [0.5, 0.6) is 11.5 Å². The van der Waals surface area contributed by atoms with Crippen molar-refractivity contribution in [3.8, 4) is 11.5 Å². The highest BCUT2D eigenvalue weighted by atomic mass is 35.5. The number of benzene rings is 3. The van der Waals surface area contributed by atoms with E-state index in [-0.39, 0.29) is 10.6 Å². The van der Waals surface area contributed by atoms with Gasteiger partial charge in [-0.25, -0.2) is 8.42 Å². The van der Waals surface area contributed by atoms with Gasteiger partial charge < -0.3 is 20.1 Å². The van der Waals surface area contributed by atoms with Crippen molar-refractivity contribution in [2.75, 3.05) is 29.6 Å². The van der Waals surface area contributed by atoms with Crippen LogP contribution in [0.25, 0.3) is 0 Å². The SMILES string of the molecule is COc1ccc(OC)c(NC(=S)Nc2ccc(S(=O)(=O)Nc3cc(Cl)cc(Cl)c3)cc2)c1. The van der Waals surface area contributed by atoms with Crippen LogP contribution in [0.4, 0.5) is 17.1 Å². The molecule has 0 saturated carbocycles. The van der Waals surface area contributed by atoms with E-state index in [9.17, 15) is 8.42 Å². The Labute approximate surface area is 201 Å². The third-order valence-electron chi connectivity index (χ3n) is 4.19. The second-order valence-corrected chi connectivity index (χ2v) is 9.40. The van der Waals surface area contributed by atoms with Gasteiger partial charge in [-0.15, -0.1) is 0 Å². The summed E-state index contributed by atoms with van der Waals surface area (Å²) < 4.78 is 38.3. The molecule has 7 nitrogen and oxygen atoms in total. The van der Waals surface area contributed by atoms with E-state index in [1.54, 1.807) is 44.6 Å². The lowest BCUT2D eigenvalue weighted by Crippen LogP contribution is -2.19. The topological polar surface area (TPSA) is 88.7 Å².